The van der Waals surface area contributed by atoms with Gasteiger partial charge in [-0.3, -0.25) is 4.79 Å². The lowest BCUT2D eigenvalue weighted by molar-refractivity contribution is 0.112. The zero-order valence-corrected chi connectivity index (χ0v) is 5.08. The van der Waals surface area contributed by atoms with Gasteiger partial charge in [-0.05, 0) is 0 Å². The fraction of sp³-hybridized carbons (Fsp3) is 0. The molecule has 0 bridgehead atoms. The molecular formula is C7H9NO. The van der Waals surface area contributed by atoms with Crippen LogP contribution < -0.4 is 6.15 Å². The molecule has 0 atom stereocenters. The summed E-state index contributed by atoms with van der Waals surface area (Å²) < 4.78 is 0. The van der Waals surface area contributed by atoms with Crippen molar-refractivity contribution in [3.63, 3.8) is 0 Å². The highest BCUT2D eigenvalue weighted by molar-refractivity contribution is 5.74. The van der Waals surface area contributed by atoms with E-state index in [4.69, 9.17) is 0 Å². The minimum absolute atomic E-state index is 0. The van der Waals surface area contributed by atoms with Crippen LogP contribution in [0.4, 0.5) is 0 Å². The molecule has 2 heteroatoms. The molecule has 0 spiro atoms. The first-order valence-electron chi connectivity index (χ1n) is 2.44. The summed E-state index contributed by atoms with van der Waals surface area (Å²) in [5.41, 5.74) is 0.729. The molecule has 0 aliphatic heterocycles. The van der Waals surface area contributed by atoms with E-state index in [9.17, 15) is 4.79 Å². The van der Waals surface area contributed by atoms with E-state index in [0.29, 0.717) is 0 Å². The summed E-state index contributed by atoms with van der Waals surface area (Å²) in [6.45, 7) is 0. The molecule has 3 N–H and O–H groups in total. The van der Waals surface area contributed by atoms with E-state index in [1.807, 2.05) is 18.2 Å². The Balaban J connectivity index is 0.000000640. The van der Waals surface area contributed by atoms with Crippen molar-refractivity contribution < 1.29 is 4.79 Å². The second-order valence-electron chi connectivity index (χ2n) is 1.53. The summed E-state index contributed by atoms with van der Waals surface area (Å²) in [5.74, 6) is 0. The van der Waals surface area contributed by atoms with Crippen molar-refractivity contribution in [2.75, 3.05) is 0 Å². The van der Waals surface area contributed by atoms with Crippen LogP contribution >= 0.6 is 0 Å². The smallest absolute Gasteiger partial charge is 0.150 e. The normalized spacial score (nSPS) is 7.56. The van der Waals surface area contributed by atoms with E-state index in [0.717, 1.165) is 11.8 Å². The molecule has 0 fully saturated rings. The van der Waals surface area contributed by atoms with Crippen molar-refractivity contribution in [1.29, 1.82) is 0 Å². The van der Waals surface area contributed by atoms with Crippen LogP contribution in [-0.2, 0) is 0 Å². The molecule has 48 valence electrons. The number of benzene rings is 1. The number of hydrogen-bond acceptors (Lipinski definition) is 2. The van der Waals surface area contributed by atoms with E-state index in [-0.39, 0.29) is 6.15 Å². The third-order valence-corrected chi connectivity index (χ3v) is 0.936. The lowest BCUT2D eigenvalue weighted by Crippen LogP contribution is -1.73. The lowest BCUT2D eigenvalue weighted by Gasteiger charge is -1.81. The van der Waals surface area contributed by atoms with Gasteiger partial charge in [-0.15, -0.1) is 0 Å². The monoisotopic (exact) mass is 123 g/mol. The number of hydrogen-bond donors (Lipinski definition) is 1. The molecule has 0 aliphatic carbocycles. The largest absolute Gasteiger partial charge is 0.344 e. The highest BCUT2D eigenvalue weighted by atomic mass is 16.1. The molecule has 0 aromatic heterocycles. The highest BCUT2D eigenvalue weighted by Crippen LogP contribution is 1.91. The second kappa shape index (κ2) is 3.80. The molecule has 0 radical (unpaired) electrons. The first-order valence-corrected chi connectivity index (χ1v) is 2.44. The van der Waals surface area contributed by atoms with Gasteiger partial charge in [-0.1, -0.05) is 30.3 Å². The van der Waals surface area contributed by atoms with Crippen molar-refractivity contribution in [2.24, 2.45) is 0 Å². The molecule has 0 amide bonds. The van der Waals surface area contributed by atoms with E-state index < -0.39 is 0 Å². The van der Waals surface area contributed by atoms with Crippen molar-refractivity contribution in [2.45, 2.75) is 0 Å². The molecule has 2 nitrogen and oxygen atoms in total. The first kappa shape index (κ1) is 7.85. The number of rotatable bonds is 1. The Labute approximate surface area is 54.1 Å². The molecule has 0 aliphatic rings. The molecule has 1 rings (SSSR count). The third kappa shape index (κ3) is 2.06. The summed E-state index contributed by atoms with van der Waals surface area (Å²) in [4.78, 5) is 10.0. The van der Waals surface area contributed by atoms with Gasteiger partial charge >= 0.3 is 0 Å². The van der Waals surface area contributed by atoms with Crippen molar-refractivity contribution >= 4 is 6.29 Å². The van der Waals surface area contributed by atoms with Crippen LogP contribution in [0.15, 0.2) is 30.3 Å². The second-order valence-corrected chi connectivity index (χ2v) is 1.53. The van der Waals surface area contributed by atoms with Crippen LogP contribution in [0.2, 0.25) is 0 Å². The van der Waals surface area contributed by atoms with Crippen LogP contribution in [0.3, 0.4) is 0 Å². The summed E-state index contributed by atoms with van der Waals surface area (Å²) >= 11 is 0. The molecule has 0 heterocycles. The molecule has 1 aromatic rings. The number of aldehydes is 1. The molecule has 1 aromatic carbocycles. The van der Waals surface area contributed by atoms with Crippen LogP contribution in [0, 0.1) is 0 Å². The Hall–Kier alpha value is -1.15. The maximum Gasteiger partial charge on any atom is 0.150 e. The maximum absolute atomic E-state index is 10.0. The Morgan fingerprint density at radius 2 is 1.67 bits per heavy atom. The van der Waals surface area contributed by atoms with Gasteiger partial charge in [0.05, 0.1) is 0 Å². The van der Waals surface area contributed by atoms with E-state index >= 15 is 0 Å². The topological polar surface area (TPSA) is 52.1 Å². The van der Waals surface area contributed by atoms with Crippen LogP contribution in [0.25, 0.3) is 0 Å². The van der Waals surface area contributed by atoms with Crippen molar-refractivity contribution in [3.05, 3.63) is 35.9 Å². The molecular weight excluding hydrogens is 114 g/mol. The van der Waals surface area contributed by atoms with Gasteiger partial charge in [0.25, 0.3) is 0 Å². The van der Waals surface area contributed by atoms with Crippen molar-refractivity contribution in [1.82, 2.24) is 6.15 Å². The quantitative estimate of drug-likeness (QED) is 0.577. The Morgan fingerprint density at radius 3 is 2.00 bits per heavy atom. The average Bonchev–Trinajstić information content (AvgIpc) is 1.90. The zero-order valence-electron chi connectivity index (χ0n) is 5.08. The van der Waals surface area contributed by atoms with Crippen molar-refractivity contribution in [3.8, 4) is 0 Å². The molecule has 9 heavy (non-hydrogen) atoms. The fourth-order valence-electron chi connectivity index (χ4n) is 0.532. The maximum atomic E-state index is 10.0. The highest BCUT2D eigenvalue weighted by Gasteiger charge is 1.79. The van der Waals surface area contributed by atoms with Gasteiger partial charge < -0.3 is 6.15 Å². The van der Waals surface area contributed by atoms with Gasteiger partial charge in [0.15, 0.2) is 0 Å². The fourth-order valence-corrected chi connectivity index (χ4v) is 0.532. The minimum atomic E-state index is 0. The van der Waals surface area contributed by atoms with Crippen LogP contribution in [0.1, 0.15) is 10.4 Å². The Kier molecular flexibility index (Phi) is 3.32. The van der Waals surface area contributed by atoms with E-state index in [2.05, 4.69) is 0 Å². The first-order chi connectivity index (χ1) is 3.93. The predicted molar refractivity (Wildman–Crippen MR) is 36.9 cm³/mol. The van der Waals surface area contributed by atoms with Crippen LogP contribution in [-0.4, -0.2) is 6.29 Å². The Morgan fingerprint density at radius 1 is 1.11 bits per heavy atom. The summed E-state index contributed by atoms with van der Waals surface area (Å²) in [7, 11) is 0. The molecule has 0 saturated heterocycles. The standard InChI is InChI=1S/C7H6O.H3N/c8-6-7-4-2-1-3-5-7;/h1-6H;1H3. The number of carbonyl (C=O) groups excluding carboxylic acids is 1. The minimum Gasteiger partial charge on any atom is -0.344 e. The SMILES string of the molecule is N.O=Cc1ccccc1. The van der Waals surface area contributed by atoms with Gasteiger partial charge in [0.1, 0.15) is 6.29 Å². The molecule has 0 saturated carbocycles. The third-order valence-electron chi connectivity index (χ3n) is 0.936. The summed E-state index contributed by atoms with van der Waals surface area (Å²) in [6, 6.07) is 9.10. The summed E-state index contributed by atoms with van der Waals surface area (Å²) in [5, 5.41) is 0. The zero-order chi connectivity index (χ0) is 5.82. The van der Waals surface area contributed by atoms with Gasteiger partial charge in [0, 0.05) is 5.56 Å². The lowest BCUT2D eigenvalue weighted by atomic mass is 10.2. The van der Waals surface area contributed by atoms with Gasteiger partial charge in [0.2, 0.25) is 0 Å². The van der Waals surface area contributed by atoms with Crippen LogP contribution in [0.5, 0.6) is 0 Å². The van der Waals surface area contributed by atoms with E-state index in [1.165, 1.54) is 0 Å². The predicted octanol–water partition coefficient (Wildman–Crippen LogP) is 1.66. The van der Waals surface area contributed by atoms with Gasteiger partial charge in [-0.2, -0.15) is 0 Å². The Bertz CT molecular complexity index is 172. The average molecular weight is 123 g/mol. The summed E-state index contributed by atoms with van der Waals surface area (Å²) in [6.07, 6.45) is 0.833. The molecule has 0 unspecified atom stereocenters. The number of carbonyl (C=O) groups is 1. The van der Waals surface area contributed by atoms with Gasteiger partial charge in [-0.25, -0.2) is 0 Å². The van der Waals surface area contributed by atoms with E-state index in [1.54, 1.807) is 12.1 Å².